The number of fused-ring (bicyclic) bond motifs is 1. The highest BCUT2D eigenvalue weighted by atomic mass is 16.2. The Morgan fingerprint density at radius 3 is 2.70 bits per heavy atom. The average Bonchev–Trinajstić information content (AvgIpc) is 2.80. The standard InChI is InChI=1S/C16H20N2O2/c1-3-4-7-10-17-16(20)15(19)13-11-18(2)14-9-6-5-8-12(13)14/h5-6,8-9,11H,3-4,7,10H2,1-2H3,(H,17,20). The van der Waals surface area contributed by atoms with Crippen molar-refractivity contribution in [1.82, 2.24) is 9.88 Å². The molecule has 0 unspecified atom stereocenters. The monoisotopic (exact) mass is 272 g/mol. The van der Waals surface area contributed by atoms with E-state index in [0.29, 0.717) is 12.1 Å². The summed E-state index contributed by atoms with van der Waals surface area (Å²) >= 11 is 0. The van der Waals surface area contributed by atoms with E-state index in [1.54, 1.807) is 6.20 Å². The highest BCUT2D eigenvalue weighted by Crippen LogP contribution is 2.20. The second-order valence-electron chi connectivity index (χ2n) is 4.96. The molecule has 106 valence electrons. The van der Waals surface area contributed by atoms with Crippen LogP contribution in [0.4, 0.5) is 0 Å². The van der Waals surface area contributed by atoms with Gasteiger partial charge in [0.05, 0.1) is 5.56 Å². The first-order valence-corrected chi connectivity index (χ1v) is 7.01. The Labute approximate surface area is 118 Å². The molecule has 4 heteroatoms. The minimum absolute atomic E-state index is 0.460. The number of unbranched alkanes of at least 4 members (excludes halogenated alkanes) is 2. The fourth-order valence-electron chi connectivity index (χ4n) is 2.30. The van der Waals surface area contributed by atoms with Gasteiger partial charge < -0.3 is 9.88 Å². The third-order valence-corrected chi connectivity index (χ3v) is 3.41. The first-order valence-electron chi connectivity index (χ1n) is 7.01. The summed E-state index contributed by atoms with van der Waals surface area (Å²) in [5.41, 5.74) is 1.42. The Morgan fingerprint density at radius 2 is 1.95 bits per heavy atom. The van der Waals surface area contributed by atoms with Crippen LogP contribution in [0.5, 0.6) is 0 Å². The van der Waals surface area contributed by atoms with Crippen LogP contribution in [0.15, 0.2) is 30.5 Å². The lowest BCUT2D eigenvalue weighted by atomic mass is 10.1. The summed E-state index contributed by atoms with van der Waals surface area (Å²) in [5.74, 6) is -0.976. The Balaban J connectivity index is 2.13. The number of aromatic nitrogens is 1. The molecule has 20 heavy (non-hydrogen) atoms. The van der Waals surface area contributed by atoms with Crippen molar-refractivity contribution < 1.29 is 9.59 Å². The fraction of sp³-hybridized carbons (Fsp3) is 0.375. The van der Waals surface area contributed by atoms with Gasteiger partial charge in [-0.1, -0.05) is 38.0 Å². The number of carbonyl (C=O) groups is 2. The van der Waals surface area contributed by atoms with E-state index in [0.717, 1.165) is 30.2 Å². The van der Waals surface area contributed by atoms with E-state index in [1.165, 1.54) is 0 Å². The Hall–Kier alpha value is -2.10. The molecule has 0 fully saturated rings. The van der Waals surface area contributed by atoms with E-state index in [4.69, 9.17) is 0 Å². The van der Waals surface area contributed by atoms with Gasteiger partial charge in [-0.3, -0.25) is 9.59 Å². The van der Waals surface area contributed by atoms with Crippen molar-refractivity contribution in [3.05, 3.63) is 36.0 Å². The van der Waals surface area contributed by atoms with E-state index in [9.17, 15) is 9.59 Å². The molecule has 0 aliphatic heterocycles. The van der Waals surface area contributed by atoms with Crippen molar-refractivity contribution in [1.29, 1.82) is 0 Å². The van der Waals surface area contributed by atoms with Crippen molar-refractivity contribution in [2.75, 3.05) is 6.54 Å². The van der Waals surface area contributed by atoms with Gasteiger partial charge in [0.1, 0.15) is 0 Å². The van der Waals surface area contributed by atoms with Crippen LogP contribution in [-0.4, -0.2) is 22.8 Å². The molecule has 1 N–H and O–H groups in total. The summed E-state index contributed by atoms with van der Waals surface area (Å²) in [6.07, 6.45) is 4.78. The molecule has 1 aromatic carbocycles. The predicted octanol–water partition coefficient (Wildman–Crippen LogP) is 2.67. The second kappa shape index (κ2) is 6.37. The molecule has 2 aromatic rings. The number of carbonyl (C=O) groups excluding carboxylic acids is 2. The molecule has 2 rings (SSSR count). The summed E-state index contributed by atoms with van der Waals surface area (Å²) in [5, 5.41) is 3.51. The summed E-state index contributed by atoms with van der Waals surface area (Å²) in [6.45, 7) is 2.66. The van der Waals surface area contributed by atoms with Gasteiger partial charge in [0.2, 0.25) is 0 Å². The molecule has 1 aromatic heterocycles. The molecular formula is C16H20N2O2. The van der Waals surface area contributed by atoms with Crippen LogP contribution in [0.25, 0.3) is 10.9 Å². The third kappa shape index (κ3) is 2.90. The van der Waals surface area contributed by atoms with Crippen molar-refractivity contribution in [2.24, 2.45) is 7.05 Å². The van der Waals surface area contributed by atoms with E-state index >= 15 is 0 Å². The van der Waals surface area contributed by atoms with Gasteiger partial charge in [0.15, 0.2) is 0 Å². The molecule has 0 bridgehead atoms. The van der Waals surface area contributed by atoms with E-state index < -0.39 is 11.7 Å². The molecule has 0 aliphatic rings. The maximum absolute atomic E-state index is 12.2. The fourth-order valence-corrected chi connectivity index (χ4v) is 2.30. The van der Waals surface area contributed by atoms with Crippen molar-refractivity contribution in [2.45, 2.75) is 26.2 Å². The zero-order chi connectivity index (χ0) is 14.5. The summed E-state index contributed by atoms with van der Waals surface area (Å²) in [4.78, 5) is 24.1. The molecule has 0 atom stereocenters. The van der Waals surface area contributed by atoms with Crippen LogP contribution >= 0.6 is 0 Å². The highest BCUT2D eigenvalue weighted by molar-refractivity contribution is 6.45. The number of benzene rings is 1. The number of nitrogens with one attached hydrogen (secondary N) is 1. The SMILES string of the molecule is CCCCCNC(=O)C(=O)c1cn(C)c2ccccc12. The Bertz CT molecular complexity index is 628. The molecule has 0 saturated carbocycles. The molecule has 1 heterocycles. The molecule has 0 saturated heterocycles. The smallest absolute Gasteiger partial charge is 0.292 e. The minimum atomic E-state index is -0.516. The quantitative estimate of drug-likeness (QED) is 0.499. The minimum Gasteiger partial charge on any atom is -0.350 e. The van der Waals surface area contributed by atoms with Crippen LogP contribution in [0, 0.1) is 0 Å². The number of para-hydroxylation sites is 1. The number of amides is 1. The number of rotatable bonds is 6. The van der Waals surface area contributed by atoms with Gasteiger partial charge in [-0.15, -0.1) is 0 Å². The number of Topliss-reactive ketones (excluding diaryl/α,β-unsaturated/α-hetero) is 1. The molecule has 4 nitrogen and oxygen atoms in total. The number of nitrogens with zero attached hydrogens (tertiary/aromatic N) is 1. The van der Waals surface area contributed by atoms with Gasteiger partial charge >= 0.3 is 0 Å². The zero-order valence-electron chi connectivity index (χ0n) is 12.0. The van der Waals surface area contributed by atoms with Crippen LogP contribution in [0.1, 0.15) is 36.5 Å². The first-order chi connectivity index (χ1) is 9.65. The number of ketones is 1. The predicted molar refractivity (Wildman–Crippen MR) is 79.8 cm³/mol. The molecule has 0 spiro atoms. The highest BCUT2D eigenvalue weighted by Gasteiger charge is 2.20. The molecule has 1 amide bonds. The van der Waals surface area contributed by atoms with E-state index in [2.05, 4.69) is 12.2 Å². The van der Waals surface area contributed by atoms with Crippen LogP contribution < -0.4 is 5.32 Å². The van der Waals surface area contributed by atoms with Gasteiger partial charge in [-0.05, 0) is 12.5 Å². The van der Waals surface area contributed by atoms with Gasteiger partial charge in [0, 0.05) is 30.7 Å². The maximum atomic E-state index is 12.2. The lowest BCUT2D eigenvalue weighted by Gasteiger charge is -2.03. The van der Waals surface area contributed by atoms with Gasteiger partial charge in [-0.2, -0.15) is 0 Å². The number of aryl methyl sites for hydroxylation is 1. The van der Waals surface area contributed by atoms with Gasteiger partial charge in [0.25, 0.3) is 11.7 Å². The first kappa shape index (κ1) is 14.3. The summed E-state index contributed by atoms with van der Waals surface area (Å²) in [7, 11) is 1.87. The second-order valence-corrected chi connectivity index (χ2v) is 4.96. The number of hydrogen-bond acceptors (Lipinski definition) is 2. The van der Waals surface area contributed by atoms with E-state index in [-0.39, 0.29) is 0 Å². The lowest BCUT2D eigenvalue weighted by molar-refractivity contribution is -0.117. The zero-order valence-corrected chi connectivity index (χ0v) is 12.0. The lowest BCUT2D eigenvalue weighted by Crippen LogP contribution is -2.31. The Morgan fingerprint density at radius 1 is 1.20 bits per heavy atom. The van der Waals surface area contributed by atoms with Crippen molar-refractivity contribution >= 4 is 22.6 Å². The van der Waals surface area contributed by atoms with Gasteiger partial charge in [-0.25, -0.2) is 0 Å². The van der Waals surface area contributed by atoms with E-state index in [1.807, 2.05) is 35.9 Å². The molecule has 0 aliphatic carbocycles. The maximum Gasteiger partial charge on any atom is 0.292 e. The van der Waals surface area contributed by atoms with Crippen LogP contribution in [0.3, 0.4) is 0 Å². The topological polar surface area (TPSA) is 51.1 Å². The normalized spacial score (nSPS) is 10.7. The van der Waals surface area contributed by atoms with Crippen molar-refractivity contribution in [3.63, 3.8) is 0 Å². The molecular weight excluding hydrogens is 252 g/mol. The van der Waals surface area contributed by atoms with Crippen molar-refractivity contribution in [3.8, 4) is 0 Å². The Kier molecular flexibility index (Phi) is 4.56. The van der Waals surface area contributed by atoms with Crippen LogP contribution in [-0.2, 0) is 11.8 Å². The summed E-state index contributed by atoms with van der Waals surface area (Å²) < 4.78 is 1.87. The average molecular weight is 272 g/mol. The number of hydrogen-bond donors (Lipinski definition) is 1. The van der Waals surface area contributed by atoms with Crippen LogP contribution in [0.2, 0.25) is 0 Å². The largest absolute Gasteiger partial charge is 0.350 e. The summed E-state index contributed by atoms with van der Waals surface area (Å²) in [6, 6.07) is 7.60. The molecule has 0 radical (unpaired) electrons. The third-order valence-electron chi connectivity index (χ3n) is 3.41.